The largest absolute Gasteiger partial charge is 0.355 e. The fourth-order valence-electron chi connectivity index (χ4n) is 3.40. The van der Waals surface area contributed by atoms with E-state index >= 15 is 0 Å². The molecule has 0 aliphatic carbocycles. The summed E-state index contributed by atoms with van der Waals surface area (Å²) in [5.41, 5.74) is 0.744. The van der Waals surface area contributed by atoms with Crippen LogP contribution in [0.1, 0.15) is 19.2 Å². The van der Waals surface area contributed by atoms with E-state index in [9.17, 15) is 19.2 Å². The molecule has 1 atom stereocenters. The lowest BCUT2D eigenvalue weighted by Gasteiger charge is -2.12. The Balaban J connectivity index is 1.30. The smallest absolute Gasteiger partial charge is 0.328 e. The van der Waals surface area contributed by atoms with Crippen LogP contribution in [0.5, 0.6) is 0 Å². The number of hydrogen-bond acceptors (Lipinski definition) is 7. The highest BCUT2D eigenvalue weighted by Gasteiger charge is 2.16. The molecular formula is C23H23N5O4S2. The molecule has 9 nitrogen and oxygen atoms in total. The summed E-state index contributed by atoms with van der Waals surface area (Å²) in [5.74, 6) is 0.788. The number of amides is 1. The molecule has 3 N–H and O–H groups in total. The molecule has 34 heavy (non-hydrogen) atoms. The molecule has 176 valence electrons. The number of benzene rings is 1. The highest BCUT2D eigenvalue weighted by molar-refractivity contribution is 7.99. The van der Waals surface area contributed by atoms with Crippen LogP contribution in [-0.4, -0.2) is 37.2 Å². The first-order chi connectivity index (χ1) is 16.4. The van der Waals surface area contributed by atoms with Crippen LogP contribution >= 0.6 is 23.1 Å². The Hall–Kier alpha value is -3.44. The minimum absolute atomic E-state index is 0.135. The highest BCUT2D eigenvalue weighted by atomic mass is 32.2. The molecule has 0 aliphatic rings. The Morgan fingerprint density at radius 3 is 2.74 bits per heavy atom. The fourth-order valence-corrected chi connectivity index (χ4v) is 5.14. The molecule has 0 aliphatic heterocycles. The van der Waals surface area contributed by atoms with Gasteiger partial charge in [-0.1, -0.05) is 30.3 Å². The molecule has 3 aromatic heterocycles. The molecular weight excluding hydrogens is 474 g/mol. The van der Waals surface area contributed by atoms with Crippen molar-refractivity contribution in [1.82, 2.24) is 24.8 Å². The standard InChI is InChI=1S/C23H23N5O4S2/c1-14(20(30)24-9-5-10-28-11-8-18(29)27-23(28)32)33-13-17-25-21(31)19-16(12-34-22(19)26-17)15-6-3-2-4-7-15/h2-4,6-8,11-12,14H,5,9-10,13H2,1H3,(H,24,30)(H,25,26,31)(H,27,29,32). The Kier molecular flexibility index (Phi) is 7.43. The third-order valence-electron chi connectivity index (χ3n) is 5.19. The van der Waals surface area contributed by atoms with E-state index in [1.165, 1.54) is 39.9 Å². The quantitative estimate of drug-likeness (QED) is 0.304. The second-order valence-electron chi connectivity index (χ2n) is 7.61. The average molecular weight is 498 g/mol. The van der Waals surface area contributed by atoms with E-state index in [2.05, 4.69) is 20.3 Å². The van der Waals surface area contributed by atoms with Crippen molar-refractivity contribution in [1.29, 1.82) is 0 Å². The van der Waals surface area contributed by atoms with Crippen LogP contribution < -0.4 is 22.1 Å². The number of carbonyl (C=O) groups is 1. The molecule has 1 aromatic carbocycles. The number of carbonyl (C=O) groups excluding carboxylic acids is 1. The zero-order chi connectivity index (χ0) is 24.1. The first kappa shape index (κ1) is 23.7. The molecule has 0 saturated carbocycles. The van der Waals surface area contributed by atoms with E-state index in [1.54, 1.807) is 6.92 Å². The van der Waals surface area contributed by atoms with Gasteiger partial charge in [-0.05, 0) is 18.9 Å². The summed E-state index contributed by atoms with van der Waals surface area (Å²) in [7, 11) is 0. The number of thioether (sulfide) groups is 1. The first-order valence-electron chi connectivity index (χ1n) is 10.7. The minimum Gasteiger partial charge on any atom is -0.355 e. The number of aryl methyl sites for hydroxylation is 1. The van der Waals surface area contributed by atoms with Crippen molar-refractivity contribution in [2.24, 2.45) is 0 Å². The van der Waals surface area contributed by atoms with Gasteiger partial charge in [0.15, 0.2) is 0 Å². The summed E-state index contributed by atoms with van der Waals surface area (Å²) in [6, 6.07) is 11.0. The average Bonchev–Trinajstić information content (AvgIpc) is 3.26. The van der Waals surface area contributed by atoms with Gasteiger partial charge < -0.3 is 14.9 Å². The van der Waals surface area contributed by atoms with Crippen molar-refractivity contribution in [3.05, 3.63) is 85.0 Å². The van der Waals surface area contributed by atoms with E-state index in [0.717, 1.165) is 11.1 Å². The molecule has 3 heterocycles. The Bertz CT molecular complexity index is 1470. The highest BCUT2D eigenvalue weighted by Crippen LogP contribution is 2.30. The second-order valence-corrected chi connectivity index (χ2v) is 9.80. The number of nitrogens with one attached hydrogen (secondary N) is 3. The van der Waals surface area contributed by atoms with Crippen LogP contribution in [0.4, 0.5) is 0 Å². The molecule has 11 heteroatoms. The van der Waals surface area contributed by atoms with Gasteiger partial charge in [0.1, 0.15) is 10.7 Å². The normalized spacial score (nSPS) is 12.0. The van der Waals surface area contributed by atoms with Crippen LogP contribution in [0, 0.1) is 0 Å². The number of H-pyrrole nitrogens is 2. The molecule has 4 rings (SSSR count). The predicted octanol–water partition coefficient (Wildman–Crippen LogP) is 2.33. The minimum atomic E-state index is -0.470. The fraction of sp³-hybridized carbons (Fsp3) is 0.261. The number of hydrogen-bond donors (Lipinski definition) is 3. The van der Waals surface area contributed by atoms with Gasteiger partial charge in [0, 0.05) is 36.3 Å². The molecule has 0 saturated heterocycles. The lowest BCUT2D eigenvalue weighted by molar-refractivity contribution is -0.120. The van der Waals surface area contributed by atoms with Crippen LogP contribution in [0.2, 0.25) is 0 Å². The van der Waals surface area contributed by atoms with E-state index < -0.39 is 11.2 Å². The Morgan fingerprint density at radius 1 is 1.18 bits per heavy atom. The topological polar surface area (TPSA) is 130 Å². The zero-order valence-electron chi connectivity index (χ0n) is 18.4. The van der Waals surface area contributed by atoms with Crippen LogP contribution in [0.3, 0.4) is 0 Å². The second kappa shape index (κ2) is 10.7. The molecule has 0 spiro atoms. The van der Waals surface area contributed by atoms with E-state index in [1.807, 2.05) is 35.7 Å². The lowest BCUT2D eigenvalue weighted by atomic mass is 10.1. The molecule has 4 aromatic rings. The molecule has 0 radical (unpaired) electrons. The number of thiophene rings is 1. The van der Waals surface area contributed by atoms with Crippen LogP contribution in [-0.2, 0) is 17.1 Å². The molecule has 0 bridgehead atoms. The molecule has 1 amide bonds. The van der Waals surface area contributed by atoms with Crippen molar-refractivity contribution in [2.45, 2.75) is 30.9 Å². The van der Waals surface area contributed by atoms with Gasteiger partial charge in [0.2, 0.25) is 5.91 Å². The lowest BCUT2D eigenvalue weighted by Crippen LogP contribution is -2.33. The summed E-state index contributed by atoms with van der Waals surface area (Å²) in [5, 5.41) is 5.02. The van der Waals surface area contributed by atoms with Crippen molar-refractivity contribution < 1.29 is 4.79 Å². The summed E-state index contributed by atoms with van der Waals surface area (Å²) in [6.07, 6.45) is 1.98. The van der Waals surface area contributed by atoms with Crippen molar-refractivity contribution in [3.63, 3.8) is 0 Å². The number of aromatic nitrogens is 4. The van der Waals surface area contributed by atoms with Crippen LogP contribution in [0.25, 0.3) is 21.3 Å². The summed E-state index contributed by atoms with van der Waals surface area (Å²) < 4.78 is 1.39. The number of fused-ring (bicyclic) bond motifs is 1. The van der Waals surface area contributed by atoms with Gasteiger partial charge in [-0.15, -0.1) is 23.1 Å². The first-order valence-corrected chi connectivity index (χ1v) is 12.6. The zero-order valence-corrected chi connectivity index (χ0v) is 20.0. The van der Waals surface area contributed by atoms with Crippen molar-refractivity contribution in [3.8, 4) is 11.1 Å². The van der Waals surface area contributed by atoms with Crippen molar-refractivity contribution >= 4 is 39.2 Å². The Labute approximate surface area is 202 Å². The molecule has 1 unspecified atom stereocenters. The van der Waals surface area contributed by atoms with E-state index in [-0.39, 0.29) is 16.7 Å². The van der Waals surface area contributed by atoms with Gasteiger partial charge in [0.25, 0.3) is 11.1 Å². The Morgan fingerprint density at radius 2 is 1.97 bits per heavy atom. The maximum absolute atomic E-state index is 12.7. The van der Waals surface area contributed by atoms with Gasteiger partial charge >= 0.3 is 5.69 Å². The van der Waals surface area contributed by atoms with Gasteiger partial charge in [-0.3, -0.25) is 19.4 Å². The number of nitrogens with zero attached hydrogens (tertiary/aromatic N) is 2. The maximum Gasteiger partial charge on any atom is 0.328 e. The van der Waals surface area contributed by atoms with Gasteiger partial charge in [0.05, 0.1) is 16.4 Å². The summed E-state index contributed by atoms with van der Waals surface area (Å²) in [4.78, 5) is 58.2. The monoisotopic (exact) mass is 497 g/mol. The molecule has 0 fully saturated rings. The predicted molar refractivity (Wildman–Crippen MR) is 135 cm³/mol. The summed E-state index contributed by atoms with van der Waals surface area (Å²) >= 11 is 2.81. The van der Waals surface area contributed by atoms with Crippen molar-refractivity contribution in [2.75, 3.05) is 6.54 Å². The van der Waals surface area contributed by atoms with E-state index in [0.29, 0.717) is 41.3 Å². The number of aromatic amines is 2. The summed E-state index contributed by atoms with van der Waals surface area (Å²) in [6.45, 7) is 2.57. The van der Waals surface area contributed by atoms with Gasteiger partial charge in [-0.2, -0.15) is 0 Å². The maximum atomic E-state index is 12.7. The number of rotatable bonds is 9. The van der Waals surface area contributed by atoms with Crippen LogP contribution in [0.15, 0.2) is 62.4 Å². The SMILES string of the molecule is CC(SCc1nc2scc(-c3ccccc3)c2c(=O)[nH]1)C(=O)NCCCn1ccc(=O)[nH]c1=O. The third-order valence-corrected chi connectivity index (χ3v) is 7.22. The van der Waals surface area contributed by atoms with Gasteiger partial charge in [-0.25, -0.2) is 9.78 Å². The van der Waals surface area contributed by atoms with E-state index in [4.69, 9.17) is 0 Å². The third kappa shape index (κ3) is 5.54.